The number of carbonyl (C=O) groups excluding carboxylic acids is 1. The van der Waals surface area contributed by atoms with Gasteiger partial charge < -0.3 is 14.7 Å². The molecule has 0 saturated carbocycles. The molecule has 1 N–H and O–H groups in total. The standard InChI is InChI=1S/C24H31NO4/c1-2-3-4-5-6-7-8-9-18-28-22-16-12-21(13-17-22)24(26)29-23-14-10-20(11-15-23)19-25-27/h10-17,19,27H,2-9,18H2,1H3/b25-19-. The summed E-state index contributed by atoms with van der Waals surface area (Å²) in [7, 11) is 0. The van der Waals surface area contributed by atoms with Gasteiger partial charge in [0, 0.05) is 0 Å². The van der Waals surface area contributed by atoms with Gasteiger partial charge in [-0.15, -0.1) is 0 Å². The van der Waals surface area contributed by atoms with Gasteiger partial charge in [0.2, 0.25) is 0 Å². The zero-order valence-electron chi connectivity index (χ0n) is 17.2. The number of oxime groups is 1. The number of hydrogen-bond donors (Lipinski definition) is 1. The summed E-state index contributed by atoms with van der Waals surface area (Å²) >= 11 is 0. The Morgan fingerprint density at radius 1 is 0.862 bits per heavy atom. The van der Waals surface area contributed by atoms with Crippen molar-refractivity contribution in [2.45, 2.75) is 58.3 Å². The van der Waals surface area contributed by atoms with Crippen LogP contribution in [0.2, 0.25) is 0 Å². The third kappa shape index (κ3) is 8.81. The summed E-state index contributed by atoms with van der Waals surface area (Å²) in [5, 5.41) is 11.5. The molecule has 29 heavy (non-hydrogen) atoms. The predicted molar refractivity (Wildman–Crippen MR) is 115 cm³/mol. The van der Waals surface area contributed by atoms with Crippen molar-refractivity contribution in [2.75, 3.05) is 6.61 Å². The smallest absolute Gasteiger partial charge is 0.343 e. The zero-order chi connectivity index (χ0) is 20.7. The molecule has 0 atom stereocenters. The van der Waals surface area contributed by atoms with Crippen molar-refractivity contribution in [3.63, 3.8) is 0 Å². The van der Waals surface area contributed by atoms with E-state index in [0.717, 1.165) is 12.2 Å². The minimum atomic E-state index is -0.428. The molecule has 2 aromatic rings. The van der Waals surface area contributed by atoms with Crippen molar-refractivity contribution in [3.8, 4) is 11.5 Å². The molecule has 0 bridgehead atoms. The maximum absolute atomic E-state index is 12.2. The van der Waals surface area contributed by atoms with Gasteiger partial charge in [0.1, 0.15) is 11.5 Å². The zero-order valence-corrected chi connectivity index (χ0v) is 17.2. The van der Waals surface area contributed by atoms with Crippen LogP contribution in [0.1, 0.15) is 74.2 Å². The van der Waals surface area contributed by atoms with Crippen LogP contribution in [0, 0.1) is 0 Å². The first kappa shape index (κ1) is 22.5. The second-order valence-electron chi connectivity index (χ2n) is 7.05. The molecule has 0 unspecified atom stereocenters. The molecular weight excluding hydrogens is 366 g/mol. The highest BCUT2D eigenvalue weighted by atomic mass is 16.5. The summed E-state index contributed by atoms with van der Waals surface area (Å²) in [5.74, 6) is 0.764. The Balaban J connectivity index is 1.67. The van der Waals surface area contributed by atoms with Gasteiger partial charge in [0.15, 0.2) is 0 Å². The fourth-order valence-electron chi connectivity index (χ4n) is 2.97. The topological polar surface area (TPSA) is 68.1 Å². The summed E-state index contributed by atoms with van der Waals surface area (Å²) < 4.78 is 11.1. The normalized spacial score (nSPS) is 10.9. The lowest BCUT2D eigenvalue weighted by Crippen LogP contribution is -2.08. The number of nitrogens with zero attached hydrogens (tertiary/aromatic N) is 1. The van der Waals surface area contributed by atoms with Gasteiger partial charge in [-0.1, -0.05) is 57.0 Å². The summed E-state index contributed by atoms with van der Waals surface area (Å²) in [6.45, 7) is 2.93. The molecule has 0 aliphatic heterocycles. The van der Waals surface area contributed by atoms with Crippen molar-refractivity contribution >= 4 is 12.2 Å². The third-order valence-electron chi connectivity index (χ3n) is 4.65. The fraction of sp³-hybridized carbons (Fsp3) is 0.417. The van der Waals surface area contributed by atoms with Crippen LogP contribution in [0.5, 0.6) is 11.5 Å². The van der Waals surface area contributed by atoms with E-state index in [0.29, 0.717) is 23.5 Å². The number of esters is 1. The van der Waals surface area contributed by atoms with E-state index in [1.807, 2.05) is 0 Å². The van der Waals surface area contributed by atoms with Gasteiger partial charge in [-0.05, 0) is 60.5 Å². The molecule has 0 amide bonds. The van der Waals surface area contributed by atoms with Gasteiger partial charge >= 0.3 is 5.97 Å². The molecule has 0 spiro atoms. The third-order valence-corrected chi connectivity index (χ3v) is 4.65. The van der Waals surface area contributed by atoms with Crippen LogP contribution in [-0.4, -0.2) is 24.0 Å². The van der Waals surface area contributed by atoms with Crippen molar-refractivity contribution in [3.05, 3.63) is 59.7 Å². The molecular formula is C24H31NO4. The first-order valence-corrected chi connectivity index (χ1v) is 10.5. The Labute approximate surface area is 173 Å². The van der Waals surface area contributed by atoms with E-state index in [-0.39, 0.29) is 0 Å². The number of carbonyl (C=O) groups is 1. The number of hydrogen-bond acceptors (Lipinski definition) is 5. The van der Waals surface area contributed by atoms with Gasteiger partial charge in [-0.3, -0.25) is 0 Å². The van der Waals surface area contributed by atoms with E-state index in [1.165, 1.54) is 51.2 Å². The van der Waals surface area contributed by atoms with Crippen molar-refractivity contribution in [2.24, 2.45) is 5.16 Å². The molecule has 156 valence electrons. The molecule has 5 heteroatoms. The number of rotatable bonds is 13. The average Bonchev–Trinajstić information content (AvgIpc) is 2.74. The van der Waals surface area contributed by atoms with E-state index in [9.17, 15) is 4.79 Å². The van der Waals surface area contributed by atoms with E-state index in [1.54, 1.807) is 48.5 Å². The Hall–Kier alpha value is -2.82. The van der Waals surface area contributed by atoms with E-state index >= 15 is 0 Å². The molecule has 5 nitrogen and oxygen atoms in total. The van der Waals surface area contributed by atoms with Crippen LogP contribution in [0.3, 0.4) is 0 Å². The van der Waals surface area contributed by atoms with Crippen LogP contribution in [0.4, 0.5) is 0 Å². The Bertz CT molecular complexity index is 738. The molecule has 0 aliphatic carbocycles. The molecule has 0 fully saturated rings. The summed E-state index contributed by atoms with van der Waals surface area (Å²) in [4.78, 5) is 12.2. The lowest BCUT2D eigenvalue weighted by molar-refractivity contribution is 0.0734. The molecule has 2 aromatic carbocycles. The van der Waals surface area contributed by atoms with Gasteiger partial charge in [0.25, 0.3) is 0 Å². The van der Waals surface area contributed by atoms with Gasteiger partial charge in [-0.2, -0.15) is 0 Å². The average molecular weight is 398 g/mol. The summed E-state index contributed by atoms with van der Waals surface area (Å²) in [5.41, 5.74) is 1.18. The van der Waals surface area contributed by atoms with Crippen LogP contribution < -0.4 is 9.47 Å². The SMILES string of the molecule is CCCCCCCCCCOc1ccc(C(=O)Oc2ccc(/C=N\O)cc2)cc1. The maximum atomic E-state index is 12.2. The first-order valence-electron chi connectivity index (χ1n) is 10.5. The van der Waals surface area contributed by atoms with E-state index < -0.39 is 5.97 Å². The maximum Gasteiger partial charge on any atom is 0.343 e. The lowest BCUT2D eigenvalue weighted by atomic mass is 10.1. The Kier molecular flexibility index (Phi) is 10.4. The number of benzene rings is 2. The van der Waals surface area contributed by atoms with Crippen molar-refractivity contribution in [1.82, 2.24) is 0 Å². The van der Waals surface area contributed by atoms with E-state index in [4.69, 9.17) is 14.7 Å². The van der Waals surface area contributed by atoms with E-state index in [2.05, 4.69) is 12.1 Å². The quantitative estimate of drug-likeness (QED) is 0.109. The summed E-state index contributed by atoms with van der Waals surface area (Å²) in [6.07, 6.45) is 11.5. The predicted octanol–water partition coefficient (Wildman–Crippen LogP) is 6.23. The lowest BCUT2D eigenvalue weighted by Gasteiger charge is -2.08. The minimum Gasteiger partial charge on any atom is -0.494 e. The second kappa shape index (κ2) is 13.4. The molecule has 0 saturated heterocycles. The summed E-state index contributed by atoms with van der Waals surface area (Å²) in [6, 6.07) is 13.7. The largest absolute Gasteiger partial charge is 0.494 e. The molecule has 0 aromatic heterocycles. The van der Waals surface area contributed by atoms with Crippen molar-refractivity contribution < 1.29 is 19.5 Å². The Morgan fingerprint density at radius 2 is 1.45 bits per heavy atom. The van der Waals surface area contributed by atoms with Crippen LogP contribution in [0.15, 0.2) is 53.7 Å². The second-order valence-corrected chi connectivity index (χ2v) is 7.05. The van der Waals surface area contributed by atoms with Crippen LogP contribution in [-0.2, 0) is 0 Å². The molecule has 0 heterocycles. The minimum absolute atomic E-state index is 0.428. The highest BCUT2D eigenvalue weighted by Gasteiger charge is 2.09. The van der Waals surface area contributed by atoms with Gasteiger partial charge in [0.05, 0.1) is 18.4 Å². The van der Waals surface area contributed by atoms with Crippen molar-refractivity contribution in [1.29, 1.82) is 0 Å². The number of ether oxygens (including phenoxy) is 2. The highest BCUT2D eigenvalue weighted by Crippen LogP contribution is 2.17. The Morgan fingerprint density at radius 3 is 2.07 bits per heavy atom. The first-order chi connectivity index (χ1) is 14.2. The monoisotopic (exact) mass is 397 g/mol. The number of unbranched alkanes of at least 4 members (excludes halogenated alkanes) is 7. The molecule has 0 radical (unpaired) electrons. The van der Waals surface area contributed by atoms with Crippen LogP contribution >= 0.6 is 0 Å². The highest BCUT2D eigenvalue weighted by molar-refractivity contribution is 5.91. The molecule has 0 aliphatic rings. The van der Waals surface area contributed by atoms with Gasteiger partial charge in [-0.25, -0.2) is 4.79 Å². The van der Waals surface area contributed by atoms with Crippen LogP contribution in [0.25, 0.3) is 0 Å². The fourth-order valence-corrected chi connectivity index (χ4v) is 2.97. The molecule has 2 rings (SSSR count).